The summed E-state index contributed by atoms with van der Waals surface area (Å²) in [7, 11) is -1.05. The monoisotopic (exact) mass is 615 g/mol. The highest BCUT2D eigenvalue weighted by Crippen LogP contribution is 2.46. The Hall–Kier alpha value is -2.36. The maximum Gasteiger partial charge on any atom is 0.748 e. The van der Waals surface area contributed by atoms with E-state index in [9.17, 15) is 9.46 Å². The van der Waals surface area contributed by atoms with Gasteiger partial charge in [0.25, 0.3) is 0 Å². The van der Waals surface area contributed by atoms with Crippen molar-refractivity contribution in [1.82, 2.24) is 0 Å². The minimum Gasteiger partial charge on any atom is -0.496 e. The van der Waals surface area contributed by atoms with Gasteiger partial charge in [-0.3, -0.25) is 0 Å². The van der Waals surface area contributed by atoms with Gasteiger partial charge >= 0.3 is 8.25 Å². The number of hydrogen-bond acceptors (Lipinski definition) is 6. The summed E-state index contributed by atoms with van der Waals surface area (Å²) < 4.78 is 28.6. The fraction of sp³-hybridized carbons (Fsp3) is 0.515. The quantitative estimate of drug-likeness (QED) is 0.0876. The van der Waals surface area contributed by atoms with E-state index in [0.29, 0.717) is 17.6 Å². The van der Waals surface area contributed by atoms with Crippen molar-refractivity contribution in [2.24, 2.45) is 5.92 Å². The lowest BCUT2D eigenvalue weighted by atomic mass is 10.0. The number of methoxy groups -OCH3 is 1. The molecule has 2 atom stereocenters. The molecule has 1 aromatic carbocycles. The molecule has 0 radical (unpaired) electrons. The first-order valence-electron chi connectivity index (χ1n) is 14.9. The van der Waals surface area contributed by atoms with Crippen LogP contribution in [0.25, 0.3) is 20.9 Å². The minimum absolute atomic E-state index is 0.384. The maximum atomic E-state index is 11.2. The van der Waals surface area contributed by atoms with E-state index in [0.717, 1.165) is 62.9 Å². The molecule has 3 rings (SSSR count). The van der Waals surface area contributed by atoms with Crippen molar-refractivity contribution < 1.29 is 23.5 Å². The second-order valence-electron chi connectivity index (χ2n) is 10.2. The van der Waals surface area contributed by atoms with Gasteiger partial charge < -0.3 is 9.47 Å². The average molecular weight is 616 g/mol. The second-order valence-corrected chi connectivity index (χ2v) is 13.0. The largest absolute Gasteiger partial charge is 0.748 e. The van der Waals surface area contributed by atoms with E-state index in [1.165, 1.54) is 56.3 Å². The summed E-state index contributed by atoms with van der Waals surface area (Å²) in [5.74, 6) is 8.69. The van der Waals surface area contributed by atoms with Crippen LogP contribution in [0, 0.1) is 17.8 Å². The van der Waals surface area contributed by atoms with Crippen molar-refractivity contribution in [2.45, 2.75) is 91.4 Å². The van der Waals surface area contributed by atoms with E-state index in [2.05, 4.69) is 50.8 Å². The third kappa shape index (κ3) is 10.8. The zero-order valence-electron chi connectivity index (χ0n) is 24.9. The Kier molecular flexibility index (Phi) is 14.7. The Bertz CT molecular complexity index is 1290. The summed E-state index contributed by atoms with van der Waals surface area (Å²) in [5, 5.41) is 0.384. The summed E-state index contributed by atoms with van der Waals surface area (Å²) >= 11 is 2.97. The van der Waals surface area contributed by atoms with Crippen LogP contribution in [0.2, 0.25) is 0 Å². The molecule has 0 aliphatic rings. The number of thiophene rings is 2. The normalized spacial score (nSPS) is 12.0. The minimum atomic E-state index is -2.72. The molecule has 0 aliphatic carbocycles. The first-order valence-corrected chi connectivity index (χ1v) is 17.6. The third-order valence-electron chi connectivity index (χ3n) is 7.07. The van der Waals surface area contributed by atoms with Crippen LogP contribution >= 0.6 is 30.9 Å². The highest BCUT2D eigenvalue weighted by atomic mass is 32.1. The molecule has 2 heterocycles. The third-order valence-corrected chi connectivity index (χ3v) is 9.58. The van der Waals surface area contributed by atoms with Gasteiger partial charge in [-0.2, -0.15) is 0 Å². The van der Waals surface area contributed by atoms with Crippen molar-refractivity contribution in [3.8, 4) is 49.3 Å². The topological polar surface area (TPSA) is 65.0 Å². The molecule has 0 aliphatic heterocycles. The van der Waals surface area contributed by atoms with Gasteiger partial charge in [0.1, 0.15) is 11.5 Å². The molecule has 0 saturated heterocycles. The highest BCUT2D eigenvalue weighted by molar-refractivity contribution is 7.33. The molecule has 0 spiro atoms. The molecule has 8 heteroatoms. The standard InChI is InChI=1S/C33H43O5PS2/c1-5-8-10-11-12-13-14-15-17-26-18-19-31(40-26)27-23-30(37-24-25(7-3)16-9-6-2)28(22-29(27)36-4)32-20-21-33(41-32)38-39(34)35/h18-23,25H,5-14,16,24H2,1-4H3/p+1. The molecule has 0 fully saturated rings. The first kappa shape index (κ1) is 33.1. The highest BCUT2D eigenvalue weighted by Gasteiger charge is 2.21. The molecule has 2 aromatic heterocycles. The Balaban J connectivity index is 1.85. The molecule has 1 N–H and O–H groups in total. The molecule has 0 amide bonds. The number of ether oxygens (including phenoxy) is 2. The van der Waals surface area contributed by atoms with Crippen molar-refractivity contribution in [1.29, 1.82) is 0 Å². The van der Waals surface area contributed by atoms with E-state index in [-0.39, 0.29) is 0 Å². The molecule has 41 heavy (non-hydrogen) atoms. The van der Waals surface area contributed by atoms with Gasteiger partial charge in [0.2, 0.25) is 5.06 Å². The van der Waals surface area contributed by atoms with Crippen LogP contribution < -0.4 is 14.0 Å². The van der Waals surface area contributed by atoms with Crippen LogP contribution in [0.15, 0.2) is 36.4 Å². The number of rotatable bonds is 18. The Labute approximate surface area is 255 Å². The molecule has 0 bridgehead atoms. The average Bonchev–Trinajstić information content (AvgIpc) is 3.63. The van der Waals surface area contributed by atoms with Crippen LogP contribution in [0.3, 0.4) is 0 Å². The molecular weight excluding hydrogens is 571 g/mol. The van der Waals surface area contributed by atoms with Crippen LogP contribution in [-0.2, 0) is 4.57 Å². The molecule has 2 unspecified atom stereocenters. The lowest BCUT2D eigenvalue weighted by Gasteiger charge is -2.19. The lowest BCUT2D eigenvalue weighted by Crippen LogP contribution is -2.11. The second kappa shape index (κ2) is 18.2. The molecule has 222 valence electrons. The van der Waals surface area contributed by atoms with Gasteiger partial charge in [-0.15, -0.1) is 16.2 Å². The van der Waals surface area contributed by atoms with Crippen molar-refractivity contribution in [3.63, 3.8) is 0 Å². The maximum absolute atomic E-state index is 11.2. The van der Waals surface area contributed by atoms with Gasteiger partial charge in [0.05, 0.1) is 18.6 Å². The summed E-state index contributed by atoms with van der Waals surface area (Å²) in [5.41, 5.74) is 1.84. The predicted molar refractivity (Wildman–Crippen MR) is 174 cm³/mol. The fourth-order valence-electron chi connectivity index (χ4n) is 4.62. The zero-order valence-corrected chi connectivity index (χ0v) is 27.4. The number of benzene rings is 1. The zero-order chi connectivity index (χ0) is 29.5. The van der Waals surface area contributed by atoms with Gasteiger partial charge in [0.15, 0.2) is 0 Å². The van der Waals surface area contributed by atoms with Crippen molar-refractivity contribution in [3.05, 3.63) is 41.3 Å². The molecule has 5 nitrogen and oxygen atoms in total. The first-order chi connectivity index (χ1) is 20.0. The Morgan fingerprint density at radius 3 is 2.29 bits per heavy atom. The van der Waals surface area contributed by atoms with Gasteiger partial charge in [-0.05, 0) is 55.2 Å². The van der Waals surface area contributed by atoms with E-state index >= 15 is 0 Å². The fourth-order valence-corrected chi connectivity index (χ4v) is 6.84. The van der Waals surface area contributed by atoms with Crippen LogP contribution in [0.4, 0.5) is 0 Å². The van der Waals surface area contributed by atoms with Crippen LogP contribution in [0.1, 0.15) is 96.3 Å². The summed E-state index contributed by atoms with van der Waals surface area (Å²) in [4.78, 5) is 12.2. The smallest absolute Gasteiger partial charge is 0.496 e. The van der Waals surface area contributed by atoms with Crippen LogP contribution in [0.5, 0.6) is 16.6 Å². The lowest BCUT2D eigenvalue weighted by molar-refractivity contribution is 0.234. The van der Waals surface area contributed by atoms with E-state index in [1.807, 2.05) is 12.1 Å². The van der Waals surface area contributed by atoms with Crippen molar-refractivity contribution in [2.75, 3.05) is 13.7 Å². The number of unbranched alkanes of at least 4 members (excludes halogenated alkanes) is 7. The Morgan fingerprint density at radius 1 is 0.878 bits per heavy atom. The van der Waals surface area contributed by atoms with Gasteiger partial charge in [-0.25, -0.2) is 4.52 Å². The summed E-state index contributed by atoms with van der Waals surface area (Å²) in [6, 6.07) is 11.8. The van der Waals surface area contributed by atoms with Gasteiger partial charge in [0, 0.05) is 31.9 Å². The predicted octanol–water partition coefficient (Wildman–Crippen LogP) is 10.9. The van der Waals surface area contributed by atoms with E-state index < -0.39 is 8.25 Å². The van der Waals surface area contributed by atoms with Gasteiger partial charge in [-0.1, -0.05) is 95.3 Å². The van der Waals surface area contributed by atoms with Crippen molar-refractivity contribution >= 4 is 30.9 Å². The van der Waals surface area contributed by atoms with E-state index in [4.69, 9.17) is 14.0 Å². The summed E-state index contributed by atoms with van der Waals surface area (Å²) in [6.45, 7) is 7.30. The van der Waals surface area contributed by atoms with E-state index in [1.54, 1.807) is 24.5 Å². The SMILES string of the molecule is CCCCCCCCC#Cc1ccc(-c2cc(OCC(CC)CCCC)c(-c3ccc(O[P+](=O)O)s3)cc2OC)s1. The Morgan fingerprint density at radius 2 is 1.56 bits per heavy atom. The number of hydrogen-bond donors (Lipinski definition) is 1. The molecule has 0 saturated carbocycles. The molecular formula is C33H44O5PS2+. The summed E-state index contributed by atoms with van der Waals surface area (Å²) in [6.07, 6.45) is 13.1. The van der Waals surface area contributed by atoms with Crippen LogP contribution in [-0.4, -0.2) is 18.6 Å². The molecule has 3 aromatic rings.